The minimum Gasteiger partial charge on any atom is -0.504 e. The molecule has 0 bridgehead atoms. The number of ether oxygens (including phenoxy) is 1. The van der Waals surface area contributed by atoms with Crippen molar-refractivity contribution in [2.24, 2.45) is 0 Å². The number of aromatic hydroxyl groups is 2. The molecule has 0 fully saturated rings. The number of hydrogen-bond donors (Lipinski definition) is 4. The fourth-order valence-electron chi connectivity index (χ4n) is 3.49. The number of aliphatic hydroxyl groups is 1. The predicted molar refractivity (Wildman–Crippen MR) is 76.6 cm³/mol. The third-order valence-electron chi connectivity index (χ3n) is 4.41. The molecule has 0 spiro atoms. The van der Waals surface area contributed by atoms with E-state index >= 15 is 0 Å². The van der Waals surface area contributed by atoms with Crippen molar-refractivity contribution in [1.29, 1.82) is 0 Å². The van der Waals surface area contributed by atoms with Crippen molar-refractivity contribution >= 4 is 5.69 Å². The van der Waals surface area contributed by atoms with Gasteiger partial charge in [-0.15, -0.1) is 0 Å². The van der Waals surface area contributed by atoms with E-state index in [0.29, 0.717) is 17.9 Å². The van der Waals surface area contributed by atoms with E-state index in [1.165, 1.54) is 12.1 Å². The number of benzene rings is 2. The summed E-state index contributed by atoms with van der Waals surface area (Å²) < 4.78 is 5.66. The zero-order valence-electron chi connectivity index (χ0n) is 11.2. The molecule has 108 valence electrons. The van der Waals surface area contributed by atoms with E-state index in [0.717, 1.165) is 16.7 Å². The van der Waals surface area contributed by atoms with Gasteiger partial charge < -0.3 is 25.8 Å². The Kier molecular flexibility index (Phi) is 2.25. The van der Waals surface area contributed by atoms with Gasteiger partial charge in [-0.05, 0) is 29.3 Å². The number of anilines is 1. The van der Waals surface area contributed by atoms with Crippen molar-refractivity contribution in [3.63, 3.8) is 0 Å². The number of fused-ring (bicyclic) bond motifs is 5. The van der Waals surface area contributed by atoms with Gasteiger partial charge in [0.1, 0.15) is 18.0 Å². The normalized spacial score (nSPS) is 25.7. The summed E-state index contributed by atoms with van der Waals surface area (Å²) >= 11 is 0. The van der Waals surface area contributed by atoms with Crippen LogP contribution in [0, 0.1) is 0 Å². The summed E-state index contributed by atoms with van der Waals surface area (Å²) in [7, 11) is 0. The van der Waals surface area contributed by atoms with E-state index in [4.69, 9.17) is 10.5 Å². The van der Waals surface area contributed by atoms with E-state index in [-0.39, 0.29) is 24.0 Å². The fraction of sp³-hybridized carbons (Fsp3) is 0.250. The molecule has 0 amide bonds. The van der Waals surface area contributed by atoms with Crippen LogP contribution < -0.4 is 10.5 Å². The van der Waals surface area contributed by atoms with Crippen molar-refractivity contribution in [3.8, 4) is 17.2 Å². The minimum absolute atomic E-state index is 0.157. The van der Waals surface area contributed by atoms with Crippen LogP contribution in [0.4, 0.5) is 5.69 Å². The maximum absolute atomic E-state index is 10.9. The van der Waals surface area contributed by atoms with Gasteiger partial charge in [0.15, 0.2) is 11.5 Å². The Hall–Kier alpha value is -2.40. The third kappa shape index (κ3) is 1.61. The van der Waals surface area contributed by atoms with Crippen LogP contribution >= 0.6 is 0 Å². The summed E-state index contributed by atoms with van der Waals surface area (Å²) in [5.74, 6) is 0.0179. The van der Waals surface area contributed by atoms with E-state index in [2.05, 4.69) is 0 Å². The van der Waals surface area contributed by atoms with Gasteiger partial charge in [-0.1, -0.05) is 6.07 Å². The Balaban J connectivity index is 1.95. The highest BCUT2D eigenvalue weighted by molar-refractivity contribution is 5.60. The first-order valence-electron chi connectivity index (χ1n) is 6.77. The summed E-state index contributed by atoms with van der Waals surface area (Å²) in [4.78, 5) is 0. The van der Waals surface area contributed by atoms with Crippen LogP contribution in [0.2, 0.25) is 0 Å². The van der Waals surface area contributed by atoms with E-state index in [1.54, 1.807) is 12.1 Å². The highest BCUT2D eigenvalue weighted by atomic mass is 16.5. The third-order valence-corrected chi connectivity index (χ3v) is 4.41. The van der Waals surface area contributed by atoms with E-state index in [1.807, 2.05) is 6.07 Å². The van der Waals surface area contributed by atoms with Crippen LogP contribution in [-0.4, -0.2) is 27.5 Å². The van der Waals surface area contributed by atoms with Gasteiger partial charge in [0, 0.05) is 29.7 Å². The molecule has 5 nitrogen and oxygen atoms in total. The molecule has 2 atom stereocenters. The first-order valence-corrected chi connectivity index (χ1v) is 6.77. The molecule has 0 unspecified atom stereocenters. The van der Waals surface area contributed by atoms with Gasteiger partial charge in [0.25, 0.3) is 0 Å². The molecule has 5 heteroatoms. The highest BCUT2D eigenvalue weighted by Gasteiger charge is 2.50. The van der Waals surface area contributed by atoms with Crippen LogP contribution in [0.15, 0.2) is 30.3 Å². The van der Waals surface area contributed by atoms with Crippen LogP contribution in [0.1, 0.15) is 22.6 Å². The van der Waals surface area contributed by atoms with Crippen LogP contribution in [0.5, 0.6) is 17.2 Å². The monoisotopic (exact) mass is 285 g/mol. The smallest absolute Gasteiger partial charge is 0.157 e. The average Bonchev–Trinajstić information content (AvgIpc) is 2.71. The Bertz CT molecular complexity index is 758. The maximum atomic E-state index is 10.9. The number of hydrogen-bond acceptors (Lipinski definition) is 5. The summed E-state index contributed by atoms with van der Waals surface area (Å²) in [5, 5.41) is 30.3. The van der Waals surface area contributed by atoms with Crippen molar-refractivity contribution in [2.45, 2.75) is 17.9 Å². The Morgan fingerprint density at radius 2 is 1.86 bits per heavy atom. The molecule has 0 saturated heterocycles. The van der Waals surface area contributed by atoms with Crippen molar-refractivity contribution in [3.05, 3.63) is 47.0 Å². The molecule has 2 aliphatic rings. The quantitative estimate of drug-likeness (QED) is 0.434. The fourth-order valence-corrected chi connectivity index (χ4v) is 3.49. The summed E-state index contributed by atoms with van der Waals surface area (Å²) in [6.07, 6.45) is 0.380. The van der Waals surface area contributed by atoms with Crippen LogP contribution in [0.25, 0.3) is 0 Å². The summed E-state index contributed by atoms with van der Waals surface area (Å²) in [6, 6.07) is 8.40. The van der Waals surface area contributed by atoms with Gasteiger partial charge in [-0.3, -0.25) is 0 Å². The Morgan fingerprint density at radius 1 is 1.10 bits per heavy atom. The maximum Gasteiger partial charge on any atom is 0.157 e. The lowest BCUT2D eigenvalue weighted by molar-refractivity contribution is -0.0217. The molecule has 5 N–H and O–H groups in total. The zero-order chi connectivity index (χ0) is 14.8. The summed E-state index contributed by atoms with van der Waals surface area (Å²) in [6.45, 7) is 0.157. The van der Waals surface area contributed by atoms with Gasteiger partial charge in [-0.2, -0.15) is 0 Å². The minimum atomic E-state index is -1.06. The van der Waals surface area contributed by atoms with E-state index < -0.39 is 5.60 Å². The van der Waals surface area contributed by atoms with Gasteiger partial charge in [-0.25, -0.2) is 0 Å². The predicted octanol–water partition coefficient (Wildman–Crippen LogP) is 1.49. The zero-order valence-corrected chi connectivity index (χ0v) is 11.2. The number of phenolic OH excluding ortho intramolecular Hbond substituents is 2. The second-order valence-electron chi connectivity index (χ2n) is 5.84. The van der Waals surface area contributed by atoms with Gasteiger partial charge in [0.05, 0.1) is 0 Å². The number of rotatable bonds is 0. The lowest BCUT2D eigenvalue weighted by Crippen LogP contribution is -2.43. The van der Waals surface area contributed by atoms with E-state index in [9.17, 15) is 15.3 Å². The molecular formula is C16H15NO4. The average molecular weight is 285 g/mol. The van der Waals surface area contributed by atoms with Crippen molar-refractivity contribution in [2.75, 3.05) is 12.3 Å². The molecule has 0 saturated carbocycles. The molecule has 1 heterocycles. The van der Waals surface area contributed by atoms with Crippen LogP contribution in [0.3, 0.4) is 0 Å². The number of nitrogens with two attached hydrogens (primary N) is 1. The topological polar surface area (TPSA) is 95.9 Å². The number of nitrogen functional groups attached to an aromatic ring is 1. The number of phenols is 2. The first kappa shape index (κ1) is 12.3. The molecule has 21 heavy (non-hydrogen) atoms. The molecule has 4 rings (SSSR count). The van der Waals surface area contributed by atoms with Crippen molar-refractivity contribution in [1.82, 2.24) is 0 Å². The lowest BCUT2D eigenvalue weighted by Gasteiger charge is -2.36. The summed E-state index contributed by atoms with van der Waals surface area (Å²) in [5.41, 5.74) is 7.81. The SMILES string of the molecule is Nc1ccc2c(c1)OC[C@]1(O)Cc3cc(O)c(O)cc3[C@H]21. The molecule has 1 aliphatic carbocycles. The molecular weight excluding hydrogens is 270 g/mol. The molecule has 2 aromatic carbocycles. The lowest BCUT2D eigenvalue weighted by atomic mass is 9.80. The Labute approximate surface area is 121 Å². The molecule has 1 aliphatic heterocycles. The molecule has 0 radical (unpaired) electrons. The second kappa shape index (κ2) is 3.83. The highest BCUT2D eigenvalue weighted by Crippen LogP contribution is 2.52. The first-order chi connectivity index (χ1) is 9.98. The van der Waals surface area contributed by atoms with Crippen LogP contribution in [-0.2, 0) is 6.42 Å². The van der Waals surface area contributed by atoms with Gasteiger partial charge in [0.2, 0.25) is 0 Å². The van der Waals surface area contributed by atoms with Gasteiger partial charge >= 0.3 is 0 Å². The Morgan fingerprint density at radius 3 is 2.67 bits per heavy atom. The van der Waals surface area contributed by atoms with Crippen molar-refractivity contribution < 1.29 is 20.1 Å². The molecule has 2 aromatic rings. The largest absolute Gasteiger partial charge is 0.504 e. The second-order valence-corrected chi connectivity index (χ2v) is 5.84. The molecule has 0 aromatic heterocycles. The standard InChI is InChI=1S/C16H15NO4/c17-9-1-2-10-14(4-9)21-7-16(20)6-8-3-12(18)13(19)5-11(8)15(10)16/h1-5,15,18-20H,6-7,17H2/t15-,16+/m0/s1.